The van der Waals surface area contributed by atoms with E-state index < -0.39 is 0 Å². The molecule has 1 aromatic heterocycles. The summed E-state index contributed by atoms with van der Waals surface area (Å²) in [5.74, 6) is 0. The lowest BCUT2D eigenvalue weighted by molar-refractivity contribution is 1.32. The summed E-state index contributed by atoms with van der Waals surface area (Å²) in [7, 11) is 0. The van der Waals surface area contributed by atoms with Crippen molar-refractivity contribution in [2.24, 2.45) is 0 Å². The van der Waals surface area contributed by atoms with Gasteiger partial charge in [-0.25, -0.2) is 4.98 Å². The zero-order valence-corrected chi connectivity index (χ0v) is 36.1. The molecule has 13 rings (SSSR count). The molecule has 13 aromatic rings. The molecule has 0 amide bonds. The highest BCUT2D eigenvalue weighted by Gasteiger charge is 2.19. The summed E-state index contributed by atoms with van der Waals surface area (Å²) < 4.78 is 0. The van der Waals surface area contributed by atoms with E-state index in [9.17, 15) is 0 Å². The van der Waals surface area contributed by atoms with Crippen LogP contribution in [0.5, 0.6) is 0 Å². The van der Waals surface area contributed by atoms with E-state index >= 15 is 0 Å². The standard InChI is InChI=1S/C65H41N/c1-5-15-48-35-52(29-23-42(48)11-1)57-40-62(66-63(41-57)54-30-24-43-12-2-6-16-49(43)36-54)47-27-21-46(22-28-47)53-33-34-60-61(39-53)65(56-32-26-45-14-4-8-18-51(45)38-56)59-20-10-9-19-58(59)64(60)55-31-25-44-13-3-7-17-50(44)37-55/h1-41H. The summed E-state index contributed by atoms with van der Waals surface area (Å²) in [6.07, 6.45) is 0. The van der Waals surface area contributed by atoms with Gasteiger partial charge in [-0.05, 0) is 152 Å². The van der Waals surface area contributed by atoms with Gasteiger partial charge in [-0.1, -0.05) is 206 Å². The third-order valence-corrected chi connectivity index (χ3v) is 13.6. The van der Waals surface area contributed by atoms with Gasteiger partial charge in [0.25, 0.3) is 0 Å². The zero-order valence-electron chi connectivity index (χ0n) is 36.1. The molecule has 66 heavy (non-hydrogen) atoms. The van der Waals surface area contributed by atoms with Crippen molar-refractivity contribution in [1.82, 2.24) is 4.98 Å². The summed E-state index contributed by atoms with van der Waals surface area (Å²) in [6.45, 7) is 0. The molecule has 0 aliphatic carbocycles. The maximum absolute atomic E-state index is 5.36. The lowest BCUT2D eigenvalue weighted by Gasteiger charge is -2.19. The Hall–Kier alpha value is -8.65. The molecule has 306 valence electrons. The number of fused-ring (bicyclic) bond motifs is 6. The number of hydrogen-bond acceptors (Lipinski definition) is 1. The van der Waals surface area contributed by atoms with Crippen molar-refractivity contribution in [2.45, 2.75) is 0 Å². The van der Waals surface area contributed by atoms with Crippen LogP contribution in [0, 0.1) is 0 Å². The number of hydrogen-bond donors (Lipinski definition) is 0. The maximum Gasteiger partial charge on any atom is 0.0715 e. The van der Waals surface area contributed by atoms with E-state index in [0.29, 0.717) is 0 Å². The molecule has 0 atom stereocenters. The van der Waals surface area contributed by atoms with Crippen molar-refractivity contribution >= 4 is 64.6 Å². The molecular formula is C65H41N. The SMILES string of the molecule is c1ccc2cc(-c3cc(-c4ccc(-c5ccc6c(-c7ccc8ccccc8c7)c7ccccc7c(-c7ccc8ccccc8c7)c6c5)cc4)nc(-c4ccc5ccccc5c4)c3)ccc2c1. The molecule has 0 fully saturated rings. The minimum atomic E-state index is 0.943. The lowest BCUT2D eigenvalue weighted by Crippen LogP contribution is -1.93. The number of aromatic nitrogens is 1. The third kappa shape index (κ3) is 6.60. The Kier molecular flexibility index (Phi) is 8.92. The third-order valence-electron chi connectivity index (χ3n) is 13.6. The van der Waals surface area contributed by atoms with Gasteiger partial charge in [0.05, 0.1) is 11.4 Å². The van der Waals surface area contributed by atoms with Gasteiger partial charge in [-0.2, -0.15) is 0 Å². The molecule has 0 N–H and O–H groups in total. The van der Waals surface area contributed by atoms with E-state index in [1.807, 2.05) is 0 Å². The van der Waals surface area contributed by atoms with Crippen LogP contribution in [0.15, 0.2) is 249 Å². The van der Waals surface area contributed by atoms with E-state index in [0.717, 1.165) is 33.6 Å². The Morgan fingerprint density at radius 2 is 0.515 bits per heavy atom. The Morgan fingerprint density at radius 3 is 1.05 bits per heavy atom. The second-order valence-electron chi connectivity index (χ2n) is 17.5. The fourth-order valence-electron chi connectivity index (χ4n) is 10.2. The Morgan fingerprint density at radius 1 is 0.182 bits per heavy atom. The monoisotopic (exact) mass is 835 g/mol. The van der Waals surface area contributed by atoms with Crippen LogP contribution in [-0.4, -0.2) is 4.98 Å². The van der Waals surface area contributed by atoms with E-state index in [4.69, 9.17) is 4.98 Å². The first kappa shape index (κ1) is 37.9. The fraction of sp³-hybridized carbons (Fsp3) is 0. The summed E-state index contributed by atoms with van der Waals surface area (Å²) in [6, 6.07) is 91.2. The molecule has 0 saturated heterocycles. The highest BCUT2D eigenvalue weighted by molar-refractivity contribution is 6.22. The van der Waals surface area contributed by atoms with Crippen molar-refractivity contribution in [2.75, 3.05) is 0 Å². The molecule has 0 aliphatic rings. The van der Waals surface area contributed by atoms with Crippen LogP contribution in [-0.2, 0) is 0 Å². The zero-order chi connectivity index (χ0) is 43.6. The molecule has 0 radical (unpaired) electrons. The predicted molar refractivity (Wildman–Crippen MR) is 282 cm³/mol. The topological polar surface area (TPSA) is 12.9 Å². The molecular weight excluding hydrogens is 795 g/mol. The van der Waals surface area contributed by atoms with Gasteiger partial charge >= 0.3 is 0 Å². The minimum Gasteiger partial charge on any atom is -0.248 e. The van der Waals surface area contributed by atoms with E-state index in [1.54, 1.807) is 0 Å². The van der Waals surface area contributed by atoms with Crippen LogP contribution >= 0.6 is 0 Å². The van der Waals surface area contributed by atoms with Gasteiger partial charge in [0, 0.05) is 11.1 Å². The second kappa shape index (κ2) is 15.6. The number of benzene rings is 12. The van der Waals surface area contributed by atoms with Gasteiger partial charge in [0.15, 0.2) is 0 Å². The van der Waals surface area contributed by atoms with Crippen molar-refractivity contribution in [3.05, 3.63) is 249 Å². The first-order valence-electron chi connectivity index (χ1n) is 22.8. The van der Waals surface area contributed by atoms with Gasteiger partial charge in [-0.3, -0.25) is 0 Å². The Balaban J connectivity index is 0.972. The molecule has 1 heterocycles. The lowest BCUT2D eigenvalue weighted by atomic mass is 9.84. The quantitative estimate of drug-likeness (QED) is 0.152. The van der Waals surface area contributed by atoms with Crippen LogP contribution < -0.4 is 0 Å². The van der Waals surface area contributed by atoms with Gasteiger partial charge < -0.3 is 0 Å². The average molecular weight is 836 g/mol. The van der Waals surface area contributed by atoms with Crippen LogP contribution in [0.3, 0.4) is 0 Å². The number of pyridine rings is 1. The van der Waals surface area contributed by atoms with Crippen molar-refractivity contribution in [3.8, 4) is 67.0 Å². The molecule has 0 unspecified atom stereocenters. The van der Waals surface area contributed by atoms with E-state index in [1.165, 1.54) is 98.0 Å². The summed E-state index contributed by atoms with van der Waals surface area (Å²) in [5.41, 5.74) is 13.7. The van der Waals surface area contributed by atoms with Gasteiger partial charge in [0.2, 0.25) is 0 Å². The van der Waals surface area contributed by atoms with Crippen molar-refractivity contribution in [3.63, 3.8) is 0 Å². The second-order valence-corrected chi connectivity index (χ2v) is 17.5. The van der Waals surface area contributed by atoms with Crippen molar-refractivity contribution < 1.29 is 0 Å². The first-order valence-corrected chi connectivity index (χ1v) is 22.8. The molecule has 0 bridgehead atoms. The van der Waals surface area contributed by atoms with Crippen LogP contribution in [0.25, 0.3) is 132 Å². The first-order chi connectivity index (χ1) is 32.7. The molecule has 1 heteroatoms. The molecule has 0 saturated carbocycles. The number of rotatable bonds is 6. The molecule has 0 spiro atoms. The highest BCUT2D eigenvalue weighted by atomic mass is 14.7. The fourth-order valence-corrected chi connectivity index (χ4v) is 10.2. The smallest absolute Gasteiger partial charge is 0.0715 e. The maximum atomic E-state index is 5.36. The van der Waals surface area contributed by atoms with Crippen molar-refractivity contribution in [1.29, 1.82) is 0 Å². The highest BCUT2D eigenvalue weighted by Crippen LogP contribution is 2.46. The average Bonchev–Trinajstić information content (AvgIpc) is 3.39. The van der Waals surface area contributed by atoms with E-state index in [-0.39, 0.29) is 0 Å². The van der Waals surface area contributed by atoms with Crippen LogP contribution in [0.1, 0.15) is 0 Å². The summed E-state index contributed by atoms with van der Waals surface area (Å²) >= 11 is 0. The van der Waals surface area contributed by atoms with Crippen LogP contribution in [0.4, 0.5) is 0 Å². The van der Waals surface area contributed by atoms with Gasteiger partial charge in [0.1, 0.15) is 0 Å². The minimum absolute atomic E-state index is 0.943. The van der Waals surface area contributed by atoms with Gasteiger partial charge in [-0.15, -0.1) is 0 Å². The van der Waals surface area contributed by atoms with Crippen LogP contribution in [0.2, 0.25) is 0 Å². The predicted octanol–water partition coefficient (Wildman–Crippen LogP) is 18.0. The Labute approximate surface area is 383 Å². The molecule has 1 nitrogen and oxygen atoms in total. The number of nitrogens with zero attached hydrogens (tertiary/aromatic N) is 1. The largest absolute Gasteiger partial charge is 0.248 e. The molecule has 12 aromatic carbocycles. The summed E-state index contributed by atoms with van der Waals surface area (Å²) in [4.78, 5) is 5.36. The summed E-state index contributed by atoms with van der Waals surface area (Å²) in [5, 5.41) is 14.8. The van der Waals surface area contributed by atoms with E-state index in [2.05, 4.69) is 249 Å². The normalized spacial score (nSPS) is 11.6. The Bertz CT molecular complexity index is 3950. The molecule has 0 aliphatic heterocycles.